The van der Waals surface area contributed by atoms with Gasteiger partial charge in [0.15, 0.2) is 0 Å². The van der Waals surface area contributed by atoms with Gasteiger partial charge in [0.2, 0.25) is 0 Å². The highest BCUT2D eigenvalue weighted by Gasteiger charge is 2.24. The molecule has 7 heteroatoms. The molecule has 5 N–H and O–H groups in total. The summed E-state index contributed by atoms with van der Waals surface area (Å²) in [6, 6.07) is 4.77. The number of phenols is 1. The molecule has 1 aromatic carbocycles. The Morgan fingerprint density at radius 1 is 1.15 bits per heavy atom. The standard InChI is InChI=1S/C19H24N4O3/c1-11-6-7-15(24)12(2)16(11)23-17(20)13(18(21)25)10-14(19(23)26)22-8-4-3-5-9-22/h6-7,10,24H,3-5,8-9,20H2,1-2H3,(H2,21,25). The first-order valence-electron chi connectivity index (χ1n) is 8.72. The van der Waals surface area contributed by atoms with Crippen LogP contribution in [0.25, 0.3) is 5.69 Å². The van der Waals surface area contributed by atoms with Crippen LogP contribution in [-0.2, 0) is 0 Å². The van der Waals surface area contributed by atoms with E-state index in [4.69, 9.17) is 11.5 Å². The van der Waals surface area contributed by atoms with Crippen LogP contribution in [0.5, 0.6) is 5.75 Å². The van der Waals surface area contributed by atoms with Gasteiger partial charge in [-0.1, -0.05) is 6.07 Å². The number of hydrogen-bond acceptors (Lipinski definition) is 5. The van der Waals surface area contributed by atoms with Crippen molar-refractivity contribution in [3.8, 4) is 11.4 Å². The predicted octanol–water partition coefficient (Wildman–Crippen LogP) is 1.83. The minimum atomic E-state index is -0.690. The lowest BCUT2D eigenvalue weighted by molar-refractivity contribution is 0.100. The summed E-state index contributed by atoms with van der Waals surface area (Å²) < 4.78 is 1.30. The van der Waals surface area contributed by atoms with Gasteiger partial charge in [0.1, 0.15) is 17.3 Å². The van der Waals surface area contributed by atoms with Gasteiger partial charge in [-0.15, -0.1) is 0 Å². The van der Waals surface area contributed by atoms with Crippen molar-refractivity contribution in [2.75, 3.05) is 23.7 Å². The minimum Gasteiger partial charge on any atom is -0.508 e. The number of carbonyl (C=O) groups excluding carboxylic acids is 1. The van der Waals surface area contributed by atoms with Crippen LogP contribution in [0.2, 0.25) is 0 Å². The summed E-state index contributed by atoms with van der Waals surface area (Å²) in [4.78, 5) is 27.2. The molecule has 0 bridgehead atoms. The number of aryl methyl sites for hydroxylation is 1. The van der Waals surface area contributed by atoms with E-state index in [1.165, 1.54) is 10.6 Å². The lowest BCUT2D eigenvalue weighted by Gasteiger charge is -2.29. The van der Waals surface area contributed by atoms with Gasteiger partial charge in [-0.2, -0.15) is 0 Å². The van der Waals surface area contributed by atoms with Crippen LogP contribution in [0.3, 0.4) is 0 Å². The summed E-state index contributed by atoms with van der Waals surface area (Å²) in [7, 11) is 0. The zero-order valence-electron chi connectivity index (χ0n) is 15.1. The van der Waals surface area contributed by atoms with Crippen LogP contribution in [0, 0.1) is 13.8 Å². The molecular formula is C19H24N4O3. The molecule has 0 atom stereocenters. The average Bonchev–Trinajstić information content (AvgIpc) is 2.61. The van der Waals surface area contributed by atoms with Crippen molar-refractivity contribution in [2.45, 2.75) is 33.1 Å². The number of rotatable bonds is 3. The molecule has 7 nitrogen and oxygen atoms in total. The quantitative estimate of drug-likeness (QED) is 0.776. The largest absolute Gasteiger partial charge is 0.508 e. The normalized spacial score (nSPS) is 14.5. The number of benzene rings is 1. The molecular weight excluding hydrogens is 332 g/mol. The molecule has 2 aromatic rings. The van der Waals surface area contributed by atoms with Gasteiger partial charge in [0.25, 0.3) is 11.5 Å². The molecule has 1 amide bonds. The number of primary amides is 1. The molecule has 3 rings (SSSR count). The van der Waals surface area contributed by atoms with Crippen LogP contribution >= 0.6 is 0 Å². The van der Waals surface area contributed by atoms with Crippen LogP contribution < -0.4 is 21.9 Å². The lowest BCUT2D eigenvalue weighted by Crippen LogP contribution is -2.37. The zero-order valence-corrected chi connectivity index (χ0v) is 15.1. The summed E-state index contributed by atoms with van der Waals surface area (Å²) in [6.07, 6.45) is 3.09. The van der Waals surface area contributed by atoms with E-state index in [-0.39, 0.29) is 22.7 Å². The molecule has 1 aliphatic rings. The smallest absolute Gasteiger partial charge is 0.280 e. The van der Waals surface area contributed by atoms with Crippen molar-refractivity contribution in [1.29, 1.82) is 0 Å². The topological polar surface area (TPSA) is 115 Å². The third-order valence-electron chi connectivity index (χ3n) is 5.01. The first kappa shape index (κ1) is 17.8. The number of pyridine rings is 1. The Hall–Kier alpha value is -2.96. The summed E-state index contributed by atoms with van der Waals surface area (Å²) in [6.45, 7) is 5.02. The number of aromatic nitrogens is 1. The van der Waals surface area contributed by atoms with Crippen LogP contribution in [0.4, 0.5) is 11.5 Å². The van der Waals surface area contributed by atoms with Crippen molar-refractivity contribution in [2.24, 2.45) is 5.73 Å². The lowest BCUT2D eigenvalue weighted by atomic mass is 10.1. The molecule has 1 aromatic heterocycles. The van der Waals surface area contributed by atoms with E-state index >= 15 is 0 Å². The third kappa shape index (κ3) is 2.89. The van der Waals surface area contributed by atoms with Gasteiger partial charge < -0.3 is 21.5 Å². The number of piperidine rings is 1. The second-order valence-electron chi connectivity index (χ2n) is 6.76. The van der Waals surface area contributed by atoms with E-state index in [1.54, 1.807) is 19.1 Å². The number of carbonyl (C=O) groups is 1. The fraction of sp³-hybridized carbons (Fsp3) is 0.368. The molecule has 1 aliphatic heterocycles. The van der Waals surface area contributed by atoms with Crippen LogP contribution in [-0.4, -0.2) is 28.7 Å². The summed E-state index contributed by atoms with van der Waals surface area (Å²) in [5.74, 6) is -0.647. The maximum Gasteiger partial charge on any atom is 0.280 e. The number of nitrogens with two attached hydrogens (primary N) is 2. The van der Waals surface area contributed by atoms with Gasteiger partial charge in [-0.05, 0) is 50.8 Å². The maximum atomic E-state index is 13.3. The number of amides is 1. The van der Waals surface area contributed by atoms with E-state index < -0.39 is 5.91 Å². The molecule has 1 fully saturated rings. The van der Waals surface area contributed by atoms with Crippen molar-refractivity contribution < 1.29 is 9.90 Å². The van der Waals surface area contributed by atoms with Gasteiger partial charge >= 0.3 is 0 Å². The predicted molar refractivity (Wildman–Crippen MR) is 102 cm³/mol. The van der Waals surface area contributed by atoms with Crippen molar-refractivity contribution in [3.05, 3.63) is 45.2 Å². The second kappa shape index (κ2) is 6.74. The van der Waals surface area contributed by atoms with Crippen LogP contribution in [0.1, 0.15) is 40.7 Å². The Morgan fingerprint density at radius 2 is 1.81 bits per heavy atom. The summed E-state index contributed by atoms with van der Waals surface area (Å²) >= 11 is 0. The number of nitrogen functional groups attached to an aromatic ring is 1. The Bertz CT molecular complexity index is 927. The summed E-state index contributed by atoms with van der Waals surface area (Å²) in [5, 5.41) is 10.1. The zero-order chi connectivity index (χ0) is 19.0. The number of phenolic OH excluding ortho intramolecular Hbond substituents is 1. The molecule has 2 heterocycles. The highest BCUT2D eigenvalue weighted by atomic mass is 16.3. The van der Waals surface area contributed by atoms with Crippen molar-refractivity contribution in [3.63, 3.8) is 0 Å². The van der Waals surface area contributed by atoms with Gasteiger partial charge in [0.05, 0.1) is 11.3 Å². The Kier molecular flexibility index (Phi) is 4.63. The molecule has 0 spiro atoms. The molecule has 0 unspecified atom stereocenters. The van der Waals surface area contributed by atoms with Gasteiger partial charge in [0, 0.05) is 18.7 Å². The highest BCUT2D eigenvalue weighted by molar-refractivity contribution is 5.98. The molecule has 0 aliphatic carbocycles. The molecule has 138 valence electrons. The first-order valence-corrected chi connectivity index (χ1v) is 8.72. The maximum absolute atomic E-state index is 13.3. The average molecular weight is 356 g/mol. The number of hydrogen-bond donors (Lipinski definition) is 3. The van der Waals surface area contributed by atoms with E-state index in [0.29, 0.717) is 16.9 Å². The molecule has 26 heavy (non-hydrogen) atoms. The van der Waals surface area contributed by atoms with E-state index in [9.17, 15) is 14.7 Å². The number of nitrogens with zero attached hydrogens (tertiary/aromatic N) is 2. The van der Waals surface area contributed by atoms with E-state index in [1.807, 2.05) is 11.8 Å². The Labute approximate surface area is 151 Å². The SMILES string of the molecule is Cc1ccc(O)c(C)c1-n1c(N)c(C(N)=O)cc(N2CCCCC2)c1=O. The van der Waals surface area contributed by atoms with Crippen LogP contribution in [0.15, 0.2) is 23.0 Å². The monoisotopic (exact) mass is 356 g/mol. The number of anilines is 2. The Morgan fingerprint density at radius 3 is 2.42 bits per heavy atom. The molecule has 0 radical (unpaired) electrons. The van der Waals surface area contributed by atoms with E-state index in [2.05, 4.69) is 0 Å². The van der Waals surface area contributed by atoms with Crippen molar-refractivity contribution >= 4 is 17.4 Å². The minimum absolute atomic E-state index is 0.0138. The third-order valence-corrected chi connectivity index (χ3v) is 5.01. The second-order valence-corrected chi connectivity index (χ2v) is 6.76. The first-order chi connectivity index (χ1) is 12.3. The van der Waals surface area contributed by atoms with Gasteiger partial charge in [-0.3, -0.25) is 14.2 Å². The molecule has 0 saturated carbocycles. The fourth-order valence-corrected chi connectivity index (χ4v) is 3.57. The highest BCUT2D eigenvalue weighted by Crippen LogP contribution is 2.30. The van der Waals surface area contributed by atoms with Crippen molar-refractivity contribution in [1.82, 2.24) is 4.57 Å². The Balaban J connectivity index is 2.35. The molecule has 1 saturated heterocycles. The number of aromatic hydroxyl groups is 1. The fourth-order valence-electron chi connectivity index (χ4n) is 3.57. The van der Waals surface area contributed by atoms with E-state index in [0.717, 1.165) is 37.9 Å². The van der Waals surface area contributed by atoms with Gasteiger partial charge in [-0.25, -0.2) is 0 Å². The summed E-state index contributed by atoms with van der Waals surface area (Å²) in [5.41, 5.74) is 13.6.